The van der Waals surface area contributed by atoms with Gasteiger partial charge in [0, 0.05) is 0 Å². The molecule has 18 heavy (non-hydrogen) atoms. The Morgan fingerprint density at radius 1 is 1.28 bits per heavy atom. The first-order valence-corrected chi connectivity index (χ1v) is 6.40. The van der Waals surface area contributed by atoms with Crippen LogP contribution in [-0.2, 0) is 16.6 Å². The number of primary amides is 1. The number of nitrogens with two attached hydrogens (primary N) is 1. The van der Waals surface area contributed by atoms with Gasteiger partial charge in [-0.05, 0) is 34.4 Å². The molecule has 0 unspecified atom stereocenters. The number of benzene rings is 1. The summed E-state index contributed by atoms with van der Waals surface area (Å²) in [5.41, 5.74) is 7.77. The average Bonchev–Trinajstić information content (AvgIpc) is 2.13. The van der Waals surface area contributed by atoms with E-state index in [9.17, 15) is 4.79 Å². The molecule has 0 spiro atoms. The summed E-state index contributed by atoms with van der Waals surface area (Å²) in [6.45, 7) is 11.1. The molecule has 0 fully saturated rings. The minimum Gasteiger partial charge on any atom is -0.369 e. The van der Waals surface area contributed by atoms with Gasteiger partial charge < -0.3 is 5.73 Å². The zero-order valence-corrected chi connectivity index (χ0v) is 12.1. The topological polar surface area (TPSA) is 43.1 Å². The average molecular weight is 246 g/mol. The molecule has 0 saturated carbocycles. The van der Waals surface area contributed by atoms with E-state index in [-0.39, 0.29) is 16.7 Å². The van der Waals surface area contributed by atoms with Gasteiger partial charge in [-0.3, -0.25) is 4.79 Å². The Balaban J connectivity index is 3.11. The molecule has 1 amide bonds. The highest BCUT2D eigenvalue weighted by atomic mass is 16.1. The summed E-state index contributed by atoms with van der Waals surface area (Å²) in [6.07, 6.45) is 1.35. The molecule has 1 radical (unpaired) electrons. The lowest BCUT2D eigenvalue weighted by atomic mass is 9.71. The lowest BCUT2D eigenvalue weighted by Gasteiger charge is -2.34. The van der Waals surface area contributed by atoms with Crippen molar-refractivity contribution < 1.29 is 4.79 Å². The SMILES string of the molecule is CC(C)(C)CC(C)(C)c1c[c]ccc1CC(N)=O. The van der Waals surface area contributed by atoms with Gasteiger partial charge in [-0.2, -0.15) is 0 Å². The zero-order chi connectivity index (χ0) is 14.0. The molecular weight excluding hydrogens is 222 g/mol. The molecule has 1 rings (SSSR count). The third-order valence-corrected chi connectivity index (χ3v) is 3.02. The predicted molar refractivity (Wildman–Crippen MR) is 75.3 cm³/mol. The van der Waals surface area contributed by atoms with Crippen molar-refractivity contribution >= 4 is 5.91 Å². The van der Waals surface area contributed by atoms with E-state index in [0.29, 0.717) is 6.42 Å². The molecule has 0 heterocycles. The third-order valence-electron chi connectivity index (χ3n) is 3.02. The van der Waals surface area contributed by atoms with Crippen LogP contribution < -0.4 is 5.73 Å². The highest BCUT2D eigenvalue weighted by Gasteiger charge is 2.29. The molecule has 0 aliphatic heterocycles. The van der Waals surface area contributed by atoms with Gasteiger partial charge in [-0.25, -0.2) is 0 Å². The van der Waals surface area contributed by atoms with Crippen LogP contribution in [0.1, 0.15) is 52.2 Å². The molecule has 0 aliphatic rings. The van der Waals surface area contributed by atoms with Crippen molar-refractivity contribution in [1.82, 2.24) is 0 Å². The van der Waals surface area contributed by atoms with Gasteiger partial charge in [-0.1, -0.05) is 52.8 Å². The lowest BCUT2D eigenvalue weighted by Crippen LogP contribution is -2.27. The van der Waals surface area contributed by atoms with E-state index in [1.165, 1.54) is 5.56 Å². The van der Waals surface area contributed by atoms with Gasteiger partial charge >= 0.3 is 0 Å². The summed E-state index contributed by atoms with van der Waals surface area (Å²) < 4.78 is 0. The Morgan fingerprint density at radius 2 is 1.89 bits per heavy atom. The van der Waals surface area contributed by atoms with E-state index in [1.807, 2.05) is 18.2 Å². The van der Waals surface area contributed by atoms with Crippen molar-refractivity contribution in [1.29, 1.82) is 0 Å². The van der Waals surface area contributed by atoms with Crippen molar-refractivity contribution in [2.45, 2.75) is 52.9 Å². The second-order valence-corrected chi connectivity index (χ2v) is 6.85. The molecular formula is C16H24NO. The smallest absolute Gasteiger partial charge is 0.221 e. The van der Waals surface area contributed by atoms with Crippen molar-refractivity contribution in [3.8, 4) is 0 Å². The Hall–Kier alpha value is -1.31. The van der Waals surface area contributed by atoms with E-state index in [0.717, 1.165) is 12.0 Å². The largest absolute Gasteiger partial charge is 0.369 e. The summed E-state index contributed by atoms with van der Waals surface area (Å²) in [7, 11) is 0. The van der Waals surface area contributed by atoms with Crippen LogP contribution in [-0.4, -0.2) is 5.91 Å². The molecule has 99 valence electrons. The number of carbonyl (C=O) groups is 1. The highest BCUT2D eigenvalue weighted by molar-refractivity contribution is 5.77. The number of rotatable bonds is 4. The maximum atomic E-state index is 11.1. The predicted octanol–water partition coefficient (Wildman–Crippen LogP) is 3.23. The van der Waals surface area contributed by atoms with Crippen LogP contribution >= 0.6 is 0 Å². The molecule has 0 bridgehead atoms. The minimum atomic E-state index is -0.283. The van der Waals surface area contributed by atoms with Gasteiger partial charge in [0.15, 0.2) is 0 Å². The van der Waals surface area contributed by atoms with Gasteiger partial charge in [-0.15, -0.1) is 0 Å². The summed E-state index contributed by atoms with van der Waals surface area (Å²) in [5.74, 6) is -0.283. The van der Waals surface area contributed by atoms with Crippen LogP contribution in [0, 0.1) is 11.5 Å². The normalized spacial score (nSPS) is 12.5. The van der Waals surface area contributed by atoms with E-state index in [4.69, 9.17) is 5.73 Å². The molecule has 0 saturated heterocycles. The minimum absolute atomic E-state index is 0.0147. The van der Waals surface area contributed by atoms with Crippen molar-refractivity contribution in [2.24, 2.45) is 11.1 Å². The van der Waals surface area contributed by atoms with Gasteiger partial charge in [0.25, 0.3) is 0 Å². The Kier molecular flexibility index (Phi) is 4.20. The summed E-state index contributed by atoms with van der Waals surface area (Å²) in [6, 6.07) is 8.90. The quantitative estimate of drug-likeness (QED) is 0.871. The molecule has 2 N–H and O–H groups in total. The Morgan fingerprint density at radius 3 is 2.39 bits per heavy atom. The molecule has 1 aromatic carbocycles. The fourth-order valence-corrected chi connectivity index (χ4v) is 2.86. The monoisotopic (exact) mass is 246 g/mol. The second kappa shape index (κ2) is 5.13. The molecule has 0 aromatic heterocycles. The fourth-order valence-electron chi connectivity index (χ4n) is 2.86. The second-order valence-electron chi connectivity index (χ2n) is 6.85. The number of hydrogen-bond acceptors (Lipinski definition) is 1. The Bertz CT molecular complexity index is 427. The summed E-state index contributed by atoms with van der Waals surface area (Å²) in [5, 5.41) is 0. The number of hydrogen-bond donors (Lipinski definition) is 1. The van der Waals surface area contributed by atoms with Gasteiger partial charge in [0.2, 0.25) is 5.91 Å². The van der Waals surface area contributed by atoms with Gasteiger partial charge in [0.05, 0.1) is 6.42 Å². The molecule has 0 aliphatic carbocycles. The highest BCUT2D eigenvalue weighted by Crippen LogP contribution is 2.37. The van der Waals surface area contributed by atoms with Crippen LogP contribution in [0.2, 0.25) is 0 Å². The molecule has 1 aromatic rings. The van der Waals surface area contributed by atoms with Crippen LogP contribution in [0.4, 0.5) is 0 Å². The summed E-state index contributed by atoms with van der Waals surface area (Å²) in [4.78, 5) is 11.1. The summed E-state index contributed by atoms with van der Waals surface area (Å²) >= 11 is 0. The zero-order valence-electron chi connectivity index (χ0n) is 12.1. The lowest BCUT2D eigenvalue weighted by molar-refractivity contribution is -0.117. The number of carbonyl (C=O) groups excluding carboxylic acids is 1. The van der Waals surface area contributed by atoms with Crippen LogP contribution in [0.5, 0.6) is 0 Å². The first-order valence-electron chi connectivity index (χ1n) is 6.40. The Labute approximate surface area is 111 Å². The van der Waals surface area contributed by atoms with E-state index >= 15 is 0 Å². The maximum Gasteiger partial charge on any atom is 0.221 e. The van der Waals surface area contributed by atoms with E-state index < -0.39 is 0 Å². The van der Waals surface area contributed by atoms with Crippen molar-refractivity contribution in [3.63, 3.8) is 0 Å². The van der Waals surface area contributed by atoms with Crippen LogP contribution in [0.25, 0.3) is 0 Å². The fraction of sp³-hybridized carbons (Fsp3) is 0.562. The third kappa shape index (κ3) is 4.17. The molecule has 2 heteroatoms. The van der Waals surface area contributed by atoms with E-state index in [2.05, 4.69) is 40.7 Å². The van der Waals surface area contributed by atoms with Crippen LogP contribution in [0.15, 0.2) is 18.2 Å². The maximum absolute atomic E-state index is 11.1. The first-order chi connectivity index (χ1) is 8.12. The van der Waals surface area contributed by atoms with E-state index in [1.54, 1.807) is 0 Å². The van der Waals surface area contributed by atoms with Crippen molar-refractivity contribution in [2.75, 3.05) is 0 Å². The first kappa shape index (κ1) is 14.7. The van der Waals surface area contributed by atoms with Crippen molar-refractivity contribution in [3.05, 3.63) is 35.4 Å². The van der Waals surface area contributed by atoms with Gasteiger partial charge in [0.1, 0.15) is 0 Å². The molecule has 0 atom stereocenters. The number of amides is 1. The van der Waals surface area contributed by atoms with Crippen LogP contribution in [0.3, 0.4) is 0 Å². The standard InChI is InChI=1S/C16H24NO/c1-15(2,3)11-16(4,5)13-9-7-6-8-12(13)10-14(17)18/h6,8-9H,10-11H2,1-5H3,(H2,17,18). The molecule has 2 nitrogen and oxygen atoms in total.